The monoisotopic (exact) mass is 250 g/mol. The summed E-state index contributed by atoms with van der Waals surface area (Å²) in [6.07, 6.45) is 1.30. The highest BCUT2D eigenvalue weighted by molar-refractivity contribution is 5.81. The van der Waals surface area contributed by atoms with E-state index in [1.807, 2.05) is 24.3 Å². The molecule has 3 nitrogen and oxygen atoms in total. The summed E-state index contributed by atoms with van der Waals surface area (Å²) in [7, 11) is 0. The summed E-state index contributed by atoms with van der Waals surface area (Å²) in [6.45, 7) is 1.74. The van der Waals surface area contributed by atoms with Crippen molar-refractivity contribution in [2.75, 3.05) is 0 Å². The van der Waals surface area contributed by atoms with Gasteiger partial charge in [-0.1, -0.05) is 24.3 Å². The number of nitrogens with zero attached hydrogens (tertiary/aromatic N) is 2. The number of aliphatic hydroxyl groups is 1. The Labute approximate surface area is 112 Å². The van der Waals surface area contributed by atoms with Gasteiger partial charge in [0.05, 0.1) is 23.4 Å². The second-order valence-electron chi connectivity index (χ2n) is 4.26. The molecule has 1 N–H and O–H groups in total. The van der Waals surface area contributed by atoms with Crippen molar-refractivity contribution in [2.24, 2.45) is 4.99 Å². The van der Waals surface area contributed by atoms with Crippen molar-refractivity contribution < 1.29 is 5.11 Å². The van der Waals surface area contributed by atoms with Gasteiger partial charge in [-0.3, -0.25) is 4.99 Å². The third kappa shape index (κ3) is 3.51. The van der Waals surface area contributed by atoms with E-state index >= 15 is 0 Å². The summed E-state index contributed by atoms with van der Waals surface area (Å²) in [5.41, 5.74) is 3.28. The second kappa shape index (κ2) is 5.94. The van der Waals surface area contributed by atoms with Gasteiger partial charge in [0.2, 0.25) is 0 Å². The summed E-state index contributed by atoms with van der Waals surface area (Å²) < 4.78 is 0. The van der Waals surface area contributed by atoms with Crippen molar-refractivity contribution in [3.63, 3.8) is 0 Å². The quantitative estimate of drug-likeness (QED) is 0.849. The smallest absolute Gasteiger partial charge is 0.0991 e. The Hall–Kier alpha value is -2.44. The molecule has 2 rings (SSSR count). The van der Waals surface area contributed by atoms with Crippen molar-refractivity contribution in [3.8, 4) is 6.07 Å². The van der Waals surface area contributed by atoms with E-state index in [1.165, 1.54) is 0 Å². The fourth-order valence-electron chi connectivity index (χ4n) is 1.63. The molecule has 0 amide bonds. The van der Waals surface area contributed by atoms with Crippen molar-refractivity contribution >= 4 is 11.9 Å². The maximum absolute atomic E-state index is 9.41. The van der Waals surface area contributed by atoms with Crippen LogP contribution < -0.4 is 0 Å². The number of hydrogen-bond acceptors (Lipinski definition) is 3. The molecular weight excluding hydrogens is 236 g/mol. The van der Waals surface area contributed by atoms with Crippen LogP contribution >= 0.6 is 0 Å². The molecule has 19 heavy (non-hydrogen) atoms. The molecule has 1 unspecified atom stereocenters. The molecule has 0 bridgehead atoms. The lowest BCUT2D eigenvalue weighted by atomic mass is 10.1. The molecule has 0 aromatic heterocycles. The Kier molecular flexibility index (Phi) is 4.07. The predicted octanol–water partition coefficient (Wildman–Crippen LogP) is 3.36. The molecule has 0 aliphatic rings. The minimum Gasteiger partial charge on any atom is -0.389 e. The second-order valence-corrected chi connectivity index (χ2v) is 4.26. The van der Waals surface area contributed by atoms with Gasteiger partial charge in [-0.25, -0.2) is 0 Å². The van der Waals surface area contributed by atoms with E-state index in [0.29, 0.717) is 5.56 Å². The molecule has 3 heteroatoms. The van der Waals surface area contributed by atoms with Crippen molar-refractivity contribution in [1.82, 2.24) is 0 Å². The Morgan fingerprint density at radius 3 is 2.26 bits per heavy atom. The lowest BCUT2D eigenvalue weighted by Gasteiger charge is -2.03. The zero-order valence-corrected chi connectivity index (χ0v) is 10.6. The summed E-state index contributed by atoms with van der Waals surface area (Å²) in [5.74, 6) is 0. The van der Waals surface area contributed by atoms with Crippen molar-refractivity contribution in [3.05, 3.63) is 65.2 Å². The summed E-state index contributed by atoms with van der Waals surface area (Å²) in [4.78, 5) is 4.33. The first-order valence-electron chi connectivity index (χ1n) is 6.01. The average molecular weight is 250 g/mol. The zero-order chi connectivity index (χ0) is 13.7. The van der Waals surface area contributed by atoms with E-state index in [2.05, 4.69) is 11.1 Å². The molecule has 0 spiro atoms. The molecule has 2 aromatic rings. The summed E-state index contributed by atoms with van der Waals surface area (Å²) >= 11 is 0. The van der Waals surface area contributed by atoms with Gasteiger partial charge in [0, 0.05) is 6.21 Å². The lowest BCUT2D eigenvalue weighted by molar-refractivity contribution is 0.199. The van der Waals surface area contributed by atoms with Crippen LogP contribution in [0.5, 0.6) is 0 Å². The standard InChI is InChI=1S/C16H14N2O/c1-12(19)15-6-2-14(3-7-15)11-18-16-8-4-13(10-17)5-9-16/h2-9,11-12,19H,1H3/b18-11+. The van der Waals surface area contributed by atoms with E-state index in [1.54, 1.807) is 37.4 Å². The summed E-state index contributed by atoms with van der Waals surface area (Å²) in [6, 6.07) is 16.7. The average Bonchev–Trinajstić information content (AvgIpc) is 2.46. The van der Waals surface area contributed by atoms with Crippen LogP contribution in [0.4, 0.5) is 5.69 Å². The molecule has 0 fully saturated rings. The number of aliphatic imine (C=N–C) groups is 1. The van der Waals surface area contributed by atoms with Gasteiger partial charge in [0.1, 0.15) is 0 Å². The Bertz CT molecular complexity index is 605. The fourth-order valence-corrected chi connectivity index (χ4v) is 1.63. The van der Waals surface area contributed by atoms with Crippen molar-refractivity contribution in [2.45, 2.75) is 13.0 Å². The number of hydrogen-bond donors (Lipinski definition) is 1. The van der Waals surface area contributed by atoms with Crippen LogP contribution in [0.25, 0.3) is 0 Å². The maximum atomic E-state index is 9.41. The molecule has 0 radical (unpaired) electrons. The fraction of sp³-hybridized carbons (Fsp3) is 0.125. The molecule has 2 aromatic carbocycles. The van der Waals surface area contributed by atoms with E-state index in [9.17, 15) is 5.11 Å². The van der Waals surface area contributed by atoms with Crippen LogP contribution in [0, 0.1) is 11.3 Å². The third-order valence-corrected chi connectivity index (χ3v) is 2.78. The van der Waals surface area contributed by atoms with Gasteiger partial charge in [-0.15, -0.1) is 0 Å². The van der Waals surface area contributed by atoms with Gasteiger partial charge < -0.3 is 5.11 Å². The number of rotatable bonds is 3. The Morgan fingerprint density at radius 2 is 1.74 bits per heavy atom. The topological polar surface area (TPSA) is 56.4 Å². The third-order valence-electron chi connectivity index (χ3n) is 2.78. The highest BCUT2D eigenvalue weighted by Crippen LogP contribution is 2.14. The molecular formula is C16H14N2O. The number of benzene rings is 2. The van der Waals surface area contributed by atoms with Crippen LogP contribution in [-0.2, 0) is 0 Å². The predicted molar refractivity (Wildman–Crippen MR) is 75.5 cm³/mol. The van der Waals surface area contributed by atoms with E-state index in [-0.39, 0.29) is 0 Å². The minimum absolute atomic E-state index is 0.454. The minimum atomic E-state index is -0.454. The van der Waals surface area contributed by atoms with Gasteiger partial charge in [0.25, 0.3) is 0 Å². The van der Waals surface area contributed by atoms with E-state index in [4.69, 9.17) is 5.26 Å². The van der Waals surface area contributed by atoms with Gasteiger partial charge in [0.15, 0.2) is 0 Å². The number of aliphatic hydroxyl groups excluding tert-OH is 1. The van der Waals surface area contributed by atoms with Crippen LogP contribution in [-0.4, -0.2) is 11.3 Å². The molecule has 0 aliphatic heterocycles. The molecule has 94 valence electrons. The SMILES string of the molecule is CC(O)c1ccc(/C=N/c2ccc(C#N)cc2)cc1. The Morgan fingerprint density at radius 1 is 1.11 bits per heavy atom. The van der Waals surface area contributed by atoms with Crippen LogP contribution in [0.15, 0.2) is 53.5 Å². The largest absolute Gasteiger partial charge is 0.389 e. The maximum Gasteiger partial charge on any atom is 0.0991 e. The molecule has 0 saturated heterocycles. The first-order chi connectivity index (χ1) is 9.19. The van der Waals surface area contributed by atoms with Gasteiger partial charge >= 0.3 is 0 Å². The van der Waals surface area contributed by atoms with Gasteiger partial charge in [-0.2, -0.15) is 5.26 Å². The van der Waals surface area contributed by atoms with Crippen LogP contribution in [0.1, 0.15) is 29.7 Å². The van der Waals surface area contributed by atoms with Crippen molar-refractivity contribution in [1.29, 1.82) is 5.26 Å². The first-order valence-corrected chi connectivity index (χ1v) is 6.01. The first kappa shape index (κ1) is 13.0. The molecule has 0 saturated carbocycles. The van der Waals surface area contributed by atoms with Crippen LogP contribution in [0.2, 0.25) is 0 Å². The van der Waals surface area contributed by atoms with Gasteiger partial charge in [-0.05, 0) is 42.3 Å². The number of nitriles is 1. The highest BCUT2D eigenvalue weighted by atomic mass is 16.3. The normalized spacial score (nSPS) is 12.3. The molecule has 0 heterocycles. The zero-order valence-electron chi connectivity index (χ0n) is 10.6. The lowest BCUT2D eigenvalue weighted by Crippen LogP contribution is -1.90. The molecule has 1 atom stereocenters. The Balaban J connectivity index is 2.11. The van der Waals surface area contributed by atoms with E-state index < -0.39 is 6.10 Å². The van der Waals surface area contributed by atoms with E-state index in [0.717, 1.165) is 16.8 Å². The molecule has 0 aliphatic carbocycles. The highest BCUT2D eigenvalue weighted by Gasteiger charge is 1.98. The van der Waals surface area contributed by atoms with Crippen LogP contribution in [0.3, 0.4) is 0 Å². The summed E-state index contributed by atoms with van der Waals surface area (Å²) in [5, 5.41) is 18.1.